The third-order valence-electron chi connectivity index (χ3n) is 2.90. The molecule has 6 nitrogen and oxygen atoms in total. The molecule has 0 aliphatic heterocycles. The number of halogens is 2. The van der Waals surface area contributed by atoms with Gasteiger partial charge in [0.25, 0.3) is 5.92 Å². The standard InChI is InChI=1S/C14H18F2N2O4/c15-14(16,9-17)7-6-11(12(19)20)18-13(21)22-8-10-4-2-1-3-5-10/h1-5,11H,6-9,17H2,(H,18,21)(H,19,20). The molecule has 122 valence electrons. The number of nitrogens with one attached hydrogen (secondary N) is 1. The maximum absolute atomic E-state index is 13.0. The van der Waals surface area contributed by atoms with E-state index in [-0.39, 0.29) is 6.61 Å². The maximum Gasteiger partial charge on any atom is 0.408 e. The average Bonchev–Trinajstić information content (AvgIpc) is 2.50. The largest absolute Gasteiger partial charge is 0.480 e. The monoisotopic (exact) mass is 316 g/mol. The Morgan fingerprint density at radius 3 is 2.50 bits per heavy atom. The van der Waals surface area contributed by atoms with Gasteiger partial charge in [-0.2, -0.15) is 0 Å². The average molecular weight is 316 g/mol. The van der Waals surface area contributed by atoms with E-state index in [1.54, 1.807) is 30.3 Å². The SMILES string of the molecule is NCC(F)(F)CCC(NC(=O)OCc1ccccc1)C(=O)O. The summed E-state index contributed by atoms with van der Waals surface area (Å²) in [7, 11) is 0. The summed E-state index contributed by atoms with van der Waals surface area (Å²) in [4.78, 5) is 22.5. The molecule has 0 bridgehead atoms. The van der Waals surface area contributed by atoms with Crippen molar-refractivity contribution in [2.45, 2.75) is 31.4 Å². The van der Waals surface area contributed by atoms with Gasteiger partial charge in [-0.15, -0.1) is 0 Å². The lowest BCUT2D eigenvalue weighted by Gasteiger charge is -2.18. The van der Waals surface area contributed by atoms with Crippen LogP contribution in [-0.2, 0) is 16.1 Å². The predicted molar refractivity (Wildman–Crippen MR) is 74.4 cm³/mol. The van der Waals surface area contributed by atoms with Gasteiger partial charge in [0, 0.05) is 6.42 Å². The van der Waals surface area contributed by atoms with Crippen molar-refractivity contribution >= 4 is 12.1 Å². The molecule has 4 N–H and O–H groups in total. The number of carbonyl (C=O) groups is 2. The number of carboxylic acids is 1. The highest BCUT2D eigenvalue weighted by Crippen LogP contribution is 2.19. The molecule has 1 amide bonds. The summed E-state index contributed by atoms with van der Waals surface area (Å²) >= 11 is 0. The predicted octanol–water partition coefficient (Wildman–Crippen LogP) is 1.74. The molecule has 0 fully saturated rings. The molecule has 0 aromatic heterocycles. The van der Waals surface area contributed by atoms with Gasteiger partial charge in [-0.1, -0.05) is 30.3 Å². The topological polar surface area (TPSA) is 102 Å². The van der Waals surface area contributed by atoms with E-state index < -0.39 is 43.4 Å². The zero-order valence-electron chi connectivity index (χ0n) is 11.8. The van der Waals surface area contributed by atoms with Crippen molar-refractivity contribution in [1.82, 2.24) is 5.32 Å². The molecule has 8 heteroatoms. The molecular formula is C14H18F2N2O4. The lowest BCUT2D eigenvalue weighted by molar-refractivity contribution is -0.140. The fourth-order valence-electron chi connectivity index (χ4n) is 1.62. The molecule has 0 saturated carbocycles. The first kappa shape index (κ1) is 17.8. The van der Waals surface area contributed by atoms with Crippen LogP contribution in [0.25, 0.3) is 0 Å². The first-order chi connectivity index (χ1) is 10.3. The Labute approximate surface area is 126 Å². The van der Waals surface area contributed by atoms with Crippen LogP contribution in [0, 0.1) is 0 Å². The number of aliphatic carboxylic acids is 1. The van der Waals surface area contributed by atoms with Crippen molar-refractivity contribution in [3.63, 3.8) is 0 Å². The van der Waals surface area contributed by atoms with Gasteiger partial charge in [-0.05, 0) is 12.0 Å². The van der Waals surface area contributed by atoms with Crippen molar-refractivity contribution in [2.24, 2.45) is 5.73 Å². The minimum Gasteiger partial charge on any atom is -0.480 e. The van der Waals surface area contributed by atoms with Crippen LogP contribution in [0.4, 0.5) is 13.6 Å². The molecule has 0 saturated heterocycles. The van der Waals surface area contributed by atoms with Gasteiger partial charge < -0.3 is 20.9 Å². The summed E-state index contributed by atoms with van der Waals surface area (Å²) in [5.74, 6) is -4.58. The highest BCUT2D eigenvalue weighted by Gasteiger charge is 2.30. The first-order valence-electron chi connectivity index (χ1n) is 6.62. The van der Waals surface area contributed by atoms with Crippen molar-refractivity contribution < 1.29 is 28.2 Å². The highest BCUT2D eigenvalue weighted by molar-refractivity contribution is 5.79. The second kappa shape index (κ2) is 8.28. The van der Waals surface area contributed by atoms with Crippen molar-refractivity contribution in [2.75, 3.05) is 6.54 Å². The van der Waals surface area contributed by atoms with Crippen molar-refractivity contribution in [1.29, 1.82) is 0 Å². The van der Waals surface area contributed by atoms with Crippen molar-refractivity contribution in [3.8, 4) is 0 Å². The number of alkyl halides is 2. The van der Waals surface area contributed by atoms with Crippen LogP contribution in [-0.4, -0.2) is 35.7 Å². The van der Waals surface area contributed by atoms with E-state index in [4.69, 9.17) is 15.6 Å². The summed E-state index contributed by atoms with van der Waals surface area (Å²) in [5.41, 5.74) is 5.59. The lowest BCUT2D eigenvalue weighted by Crippen LogP contribution is -2.42. The number of rotatable bonds is 8. The molecule has 1 rings (SSSR count). The van der Waals surface area contributed by atoms with Crippen LogP contribution in [0.2, 0.25) is 0 Å². The fourth-order valence-corrected chi connectivity index (χ4v) is 1.62. The summed E-state index contributed by atoms with van der Waals surface area (Å²) in [5, 5.41) is 11.0. The minimum absolute atomic E-state index is 0.0437. The van der Waals surface area contributed by atoms with Crippen LogP contribution in [0.3, 0.4) is 0 Å². The van der Waals surface area contributed by atoms with E-state index in [0.717, 1.165) is 5.56 Å². The molecule has 22 heavy (non-hydrogen) atoms. The van der Waals surface area contributed by atoms with Gasteiger partial charge in [0.15, 0.2) is 0 Å². The third kappa shape index (κ3) is 6.49. The maximum atomic E-state index is 13.0. The Kier molecular flexibility index (Phi) is 6.71. The van der Waals surface area contributed by atoms with Crippen LogP contribution < -0.4 is 11.1 Å². The zero-order chi connectivity index (χ0) is 16.6. The smallest absolute Gasteiger partial charge is 0.408 e. The second-order valence-electron chi connectivity index (χ2n) is 4.70. The number of nitrogens with two attached hydrogens (primary N) is 1. The first-order valence-corrected chi connectivity index (χ1v) is 6.62. The lowest BCUT2D eigenvalue weighted by atomic mass is 10.1. The molecule has 1 aromatic rings. The second-order valence-corrected chi connectivity index (χ2v) is 4.70. The third-order valence-corrected chi connectivity index (χ3v) is 2.90. The Hall–Kier alpha value is -2.22. The number of carboxylic acid groups (broad SMARTS) is 1. The van der Waals surface area contributed by atoms with E-state index in [9.17, 15) is 18.4 Å². The van der Waals surface area contributed by atoms with E-state index in [1.807, 2.05) is 5.32 Å². The summed E-state index contributed by atoms with van der Waals surface area (Å²) in [6, 6.07) is 7.30. The number of carbonyl (C=O) groups excluding carboxylic acids is 1. The molecule has 0 aliphatic carbocycles. The quantitative estimate of drug-likeness (QED) is 0.678. The molecule has 0 radical (unpaired) electrons. The number of hydrogen-bond acceptors (Lipinski definition) is 4. The van der Waals surface area contributed by atoms with Gasteiger partial charge >= 0.3 is 12.1 Å². The number of hydrogen-bond donors (Lipinski definition) is 3. The van der Waals surface area contributed by atoms with E-state index in [1.165, 1.54) is 0 Å². The highest BCUT2D eigenvalue weighted by atomic mass is 19.3. The van der Waals surface area contributed by atoms with Gasteiger partial charge in [0.05, 0.1) is 6.54 Å². The molecule has 1 atom stereocenters. The number of amides is 1. The van der Waals surface area contributed by atoms with E-state index >= 15 is 0 Å². The zero-order valence-corrected chi connectivity index (χ0v) is 11.8. The summed E-state index contributed by atoms with van der Waals surface area (Å²) in [6.07, 6.45) is -2.16. The van der Waals surface area contributed by atoms with Gasteiger partial charge in [-0.25, -0.2) is 18.4 Å². The molecule has 0 spiro atoms. The normalized spacial score (nSPS) is 12.5. The molecule has 0 heterocycles. The van der Waals surface area contributed by atoms with Crippen LogP contribution >= 0.6 is 0 Å². The van der Waals surface area contributed by atoms with Crippen LogP contribution in [0.5, 0.6) is 0 Å². The van der Waals surface area contributed by atoms with Gasteiger partial charge in [0.2, 0.25) is 0 Å². The van der Waals surface area contributed by atoms with E-state index in [0.29, 0.717) is 0 Å². The van der Waals surface area contributed by atoms with Crippen molar-refractivity contribution in [3.05, 3.63) is 35.9 Å². The summed E-state index contributed by atoms with van der Waals surface area (Å²) < 4.78 is 30.9. The summed E-state index contributed by atoms with van der Waals surface area (Å²) in [6.45, 7) is -0.921. The van der Waals surface area contributed by atoms with Gasteiger partial charge in [-0.3, -0.25) is 0 Å². The molecule has 1 unspecified atom stereocenters. The number of alkyl carbamates (subject to hydrolysis) is 1. The Morgan fingerprint density at radius 2 is 1.95 bits per heavy atom. The number of benzene rings is 1. The van der Waals surface area contributed by atoms with Gasteiger partial charge in [0.1, 0.15) is 12.6 Å². The minimum atomic E-state index is -3.16. The fraction of sp³-hybridized carbons (Fsp3) is 0.429. The van der Waals surface area contributed by atoms with Crippen LogP contribution in [0.1, 0.15) is 18.4 Å². The molecule has 1 aromatic carbocycles. The van der Waals surface area contributed by atoms with E-state index in [2.05, 4.69) is 0 Å². The van der Waals surface area contributed by atoms with Crippen LogP contribution in [0.15, 0.2) is 30.3 Å². The molecular weight excluding hydrogens is 298 g/mol. The Balaban J connectivity index is 2.45. The Bertz CT molecular complexity index is 497. The molecule has 0 aliphatic rings. The Morgan fingerprint density at radius 1 is 1.32 bits per heavy atom. The number of ether oxygens (including phenoxy) is 1.